The summed E-state index contributed by atoms with van der Waals surface area (Å²) in [6.07, 6.45) is 4.41. The molecule has 11 heavy (non-hydrogen) atoms. The predicted octanol–water partition coefficient (Wildman–Crippen LogP) is 2.13. The molecule has 1 unspecified atom stereocenters. The topological polar surface area (TPSA) is 9.23 Å². The molecule has 1 atom stereocenters. The molecule has 0 radical (unpaired) electrons. The monoisotopic (exact) mass is 192 g/mol. The number of rotatable bonds is 6. The largest absolute Gasteiger partial charge is 0.376 e. The minimum absolute atomic E-state index is 0.288. The van der Waals surface area contributed by atoms with Crippen LogP contribution in [-0.2, 0) is 4.74 Å². The van der Waals surface area contributed by atoms with Crippen molar-refractivity contribution in [1.82, 2.24) is 0 Å². The summed E-state index contributed by atoms with van der Waals surface area (Å²) in [7, 11) is 0. The molecular formula is C8H18AlClO. The van der Waals surface area contributed by atoms with Crippen molar-refractivity contribution >= 4 is 27.9 Å². The SMILES string of the molecule is CCCCO[C]([AlH2])(Cl)CCC. The molecule has 0 fully saturated rings. The Labute approximate surface area is 82.9 Å². The Morgan fingerprint density at radius 1 is 1.36 bits per heavy atom. The van der Waals surface area contributed by atoms with E-state index in [1.165, 1.54) is 6.42 Å². The molecule has 0 spiro atoms. The van der Waals surface area contributed by atoms with Crippen molar-refractivity contribution in [3.8, 4) is 0 Å². The van der Waals surface area contributed by atoms with E-state index in [-0.39, 0.29) is 3.92 Å². The maximum Gasteiger partial charge on any atom is 0.289 e. The van der Waals surface area contributed by atoms with Gasteiger partial charge in [-0.25, -0.2) is 0 Å². The standard InChI is InChI=1S/C8H16ClO.Al.2H/c1-3-5-7-10-8(9)6-4-2;;;/h3-7H2,1-2H3;;;. The Balaban J connectivity index is 3.38. The molecule has 0 saturated carbocycles. The van der Waals surface area contributed by atoms with Crippen LogP contribution < -0.4 is 0 Å². The second kappa shape index (κ2) is 6.32. The minimum Gasteiger partial charge on any atom is -0.376 e. The van der Waals surface area contributed by atoms with E-state index in [9.17, 15) is 0 Å². The number of alkyl halides is 1. The quantitative estimate of drug-likeness (QED) is 0.356. The van der Waals surface area contributed by atoms with Crippen LogP contribution >= 0.6 is 11.6 Å². The van der Waals surface area contributed by atoms with Gasteiger partial charge < -0.3 is 4.74 Å². The first kappa shape index (κ1) is 11.8. The number of ether oxygens (including phenoxy) is 1. The van der Waals surface area contributed by atoms with Gasteiger partial charge in [-0.1, -0.05) is 26.7 Å². The molecule has 3 heteroatoms. The fourth-order valence-electron chi connectivity index (χ4n) is 0.948. The van der Waals surface area contributed by atoms with Crippen molar-refractivity contribution in [3.63, 3.8) is 0 Å². The molecule has 1 nitrogen and oxygen atoms in total. The van der Waals surface area contributed by atoms with Gasteiger partial charge in [-0.3, -0.25) is 0 Å². The molecule has 0 bridgehead atoms. The average molecular weight is 193 g/mol. The van der Waals surface area contributed by atoms with Gasteiger partial charge in [0.05, 0.1) is 3.92 Å². The van der Waals surface area contributed by atoms with Crippen LogP contribution in [0.25, 0.3) is 0 Å². The van der Waals surface area contributed by atoms with E-state index in [1.54, 1.807) is 0 Å². The zero-order chi connectivity index (χ0) is 8.74. The summed E-state index contributed by atoms with van der Waals surface area (Å²) in [5.41, 5.74) is 0. The first-order chi connectivity index (χ1) is 5.12. The fraction of sp³-hybridized carbons (Fsp3) is 1.00. The van der Waals surface area contributed by atoms with Crippen LogP contribution in [0.3, 0.4) is 0 Å². The van der Waals surface area contributed by atoms with E-state index >= 15 is 0 Å². The van der Waals surface area contributed by atoms with Crippen molar-refractivity contribution in [3.05, 3.63) is 0 Å². The van der Waals surface area contributed by atoms with E-state index in [2.05, 4.69) is 13.8 Å². The number of hydrogen-bond acceptors (Lipinski definition) is 1. The van der Waals surface area contributed by atoms with E-state index in [1.807, 2.05) is 0 Å². The Hall–Kier alpha value is 0.782. The normalized spacial score (nSPS) is 16.3. The predicted molar refractivity (Wildman–Crippen MR) is 52.9 cm³/mol. The zero-order valence-electron chi connectivity index (χ0n) is 7.82. The molecule has 66 valence electrons. The average Bonchev–Trinajstić information content (AvgIpc) is 1.87. The van der Waals surface area contributed by atoms with E-state index in [0.717, 1.165) is 42.2 Å². The zero-order valence-corrected chi connectivity index (χ0v) is 10.6. The minimum atomic E-state index is -0.288. The summed E-state index contributed by atoms with van der Waals surface area (Å²) in [6.45, 7) is 5.12. The van der Waals surface area contributed by atoms with Crippen molar-refractivity contribution in [1.29, 1.82) is 0 Å². The van der Waals surface area contributed by atoms with Gasteiger partial charge in [0, 0.05) is 6.61 Å². The molecule has 0 saturated heterocycles. The molecule has 0 aromatic rings. The highest BCUT2D eigenvalue weighted by atomic mass is 35.5. The summed E-state index contributed by atoms with van der Waals surface area (Å²) in [5, 5.41) is 0. The van der Waals surface area contributed by atoms with Crippen LogP contribution in [0.1, 0.15) is 39.5 Å². The smallest absolute Gasteiger partial charge is 0.289 e. The Morgan fingerprint density at radius 3 is 2.45 bits per heavy atom. The van der Waals surface area contributed by atoms with Crippen LogP contribution in [0, 0.1) is 0 Å². The summed E-state index contributed by atoms with van der Waals surface area (Å²) < 4.78 is 5.25. The second-order valence-electron chi connectivity index (χ2n) is 3.05. The summed E-state index contributed by atoms with van der Waals surface area (Å²) in [4.78, 5) is 0. The Kier molecular flexibility index (Phi) is 6.76. The van der Waals surface area contributed by atoms with Gasteiger partial charge in [-0.2, -0.15) is 0 Å². The lowest BCUT2D eigenvalue weighted by atomic mass is 10.3. The lowest BCUT2D eigenvalue weighted by Crippen LogP contribution is -2.26. The Bertz CT molecular complexity index is 96.1. The summed E-state index contributed by atoms with van der Waals surface area (Å²) in [6, 6.07) is 0. The highest BCUT2D eigenvalue weighted by molar-refractivity contribution is 6.43. The molecule has 0 N–H and O–H groups in total. The van der Waals surface area contributed by atoms with Crippen molar-refractivity contribution in [2.45, 2.75) is 43.5 Å². The molecule has 0 aromatic heterocycles. The third kappa shape index (κ3) is 7.15. The lowest BCUT2D eigenvalue weighted by molar-refractivity contribution is 0.0691. The van der Waals surface area contributed by atoms with Crippen molar-refractivity contribution in [2.75, 3.05) is 6.61 Å². The van der Waals surface area contributed by atoms with Crippen LogP contribution in [0.5, 0.6) is 0 Å². The highest BCUT2D eigenvalue weighted by Crippen LogP contribution is 2.19. The van der Waals surface area contributed by atoms with Crippen LogP contribution in [0.15, 0.2) is 0 Å². The summed E-state index contributed by atoms with van der Waals surface area (Å²) in [5.74, 6) is 0. The maximum absolute atomic E-state index is 6.11. The lowest BCUT2D eigenvalue weighted by Gasteiger charge is -2.22. The van der Waals surface area contributed by atoms with Gasteiger partial charge >= 0.3 is 0 Å². The summed E-state index contributed by atoms with van der Waals surface area (Å²) >= 11 is 7.03. The van der Waals surface area contributed by atoms with Gasteiger partial charge in [0.25, 0.3) is 16.3 Å². The van der Waals surface area contributed by atoms with Crippen LogP contribution in [-0.4, -0.2) is 26.8 Å². The maximum atomic E-state index is 6.11. The molecule has 0 aromatic carbocycles. The fourth-order valence-corrected chi connectivity index (χ4v) is 1.92. The number of halogens is 1. The third-order valence-electron chi connectivity index (χ3n) is 1.60. The molecule has 0 aliphatic carbocycles. The first-order valence-corrected chi connectivity index (χ1v) is 5.83. The van der Waals surface area contributed by atoms with E-state index in [4.69, 9.17) is 16.3 Å². The molecular weight excluding hydrogens is 175 g/mol. The van der Waals surface area contributed by atoms with Crippen LogP contribution in [0.2, 0.25) is 0 Å². The molecule has 0 aliphatic rings. The first-order valence-electron chi connectivity index (χ1n) is 4.45. The number of unbranched alkanes of at least 4 members (excludes halogenated alkanes) is 1. The molecule has 0 heterocycles. The number of hydrogen-bond donors (Lipinski definition) is 0. The van der Waals surface area contributed by atoms with Gasteiger partial charge in [0.1, 0.15) is 0 Å². The molecule has 0 amide bonds. The second-order valence-corrected chi connectivity index (χ2v) is 6.10. The van der Waals surface area contributed by atoms with Crippen LogP contribution in [0.4, 0.5) is 0 Å². The van der Waals surface area contributed by atoms with Gasteiger partial charge in [-0.15, -0.1) is 11.6 Å². The van der Waals surface area contributed by atoms with Gasteiger partial charge in [0.2, 0.25) is 0 Å². The molecule has 0 aliphatic heterocycles. The van der Waals surface area contributed by atoms with Crippen molar-refractivity contribution < 1.29 is 4.74 Å². The molecule has 0 rings (SSSR count). The van der Waals surface area contributed by atoms with E-state index in [0.29, 0.717) is 0 Å². The highest BCUT2D eigenvalue weighted by Gasteiger charge is 2.18. The van der Waals surface area contributed by atoms with E-state index < -0.39 is 0 Å². The van der Waals surface area contributed by atoms with Crippen molar-refractivity contribution in [2.24, 2.45) is 0 Å². The van der Waals surface area contributed by atoms with Gasteiger partial charge in [0.15, 0.2) is 0 Å². The van der Waals surface area contributed by atoms with Gasteiger partial charge in [-0.05, 0) is 12.8 Å². The third-order valence-corrected chi connectivity index (χ3v) is 2.68. The Morgan fingerprint density at radius 2 is 2.00 bits per heavy atom.